The maximum Gasteiger partial charge on any atom is 0.233 e. The normalized spacial score (nSPS) is 39.6. The van der Waals surface area contributed by atoms with Crippen LogP contribution in [0.1, 0.15) is 6.42 Å². The highest BCUT2D eigenvalue weighted by Gasteiger charge is 2.45. The molecule has 1 aliphatic heterocycles. The van der Waals surface area contributed by atoms with Crippen LogP contribution in [0.2, 0.25) is 0 Å². The first-order chi connectivity index (χ1) is 5.70. The van der Waals surface area contributed by atoms with Crippen molar-refractivity contribution in [1.29, 1.82) is 0 Å². The summed E-state index contributed by atoms with van der Waals surface area (Å²) in [4.78, 5) is 22.2. The Hall–Kier alpha value is -1.16. The quantitative estimate of drug-likeness (QED) is 0.366. The Kier molecular flexibility index (Phi) is 1.51. The minimum absolute atomic E-state index is 0.256. The highest BCUT2D eigenvalue weighted by molar-refractivity contribution is 6.05. The van der Waals surface area contributed by atoms with E-state index in [1.54, 1.807) is 12.2 Å². The molecule has 0 aromatic heterocycles. The number of carbonyl (C=O) groups excluding carboxylic acids is 2. The van der Waals surface area contributed by atoms with Crippen molar-refractivity contribution in [2.24, 2.45) is 11.8 Å². The molecular weight excluding hydrogens is 158 g/mol. The van der Waals surface area contributed by atoms with Crippen LogP contribution in [0.5, 0.6) is 0 Å². The van der Waals surface area contributed by atoms with Crippen molar-refractivity contribution in [2.75, 3.05) is 0 Å². The Balaban J connectivity index is 2.32. The Bertz CT molecular complexity index is 271. The van der Waals surface area contributed by atoms with E-state index in [9.17, 15) is 14.7 Å². The van der Waals surface area contributed by atoms with E-state index in [1.807, 2.05) is 0 Å². The molecular formula is C8H9NO3. The number of fused-ring (bicyclic) bond motifs is 1. The van der Waals surface area contributed by atoms with Gasteiger partial charge in [-0.3, -0.25) is 14.9 Å². The molecule has 2 amide bonds. The Morgan fingerprint density at radius 2 is 2.17 bits per heavy atom. The van der Waals surface area contributed by atoms with E-state index >= 15 is 0 Å². The summed E-state index contributed by atoms with van der Waals surface area (Å²) in [6.07, 6.45) is 3.07. The summed E-state index contributed by atoms with van der Waals surface area (Å²) in [5.41, 5.74) is 0. The average Bonchev–Trinajstić information content (AvgIpc) is 2.29. The van der Waals surface area contributed by atoms with Crippen molar-refractivity contribution < 1.29 is 14.7 Å². The van der Waals surface area contributed by atoms with Crippen LogP contribution in [0.4, 0.5) is 0 Å². The molecule has 1 fully saturated rings. The minimum atomic E-state index is -0.796. The van der Waals surface area contributed by atoms with Crippen LogP contribution in [0.15, 0.2) is 12.2 Å². The lowest BCUT2D eigenvalue weighted by Gasteiger charge is -2.21. The molecule has 2 rings (SSSR count). The number of rotatable bonds is 0. The SMILES string of the molecule is O=C1NC(=O)[C@H]2CC=C[C@H](O)[C@@H]12. The summed E-state index contributed by atoms with van der Waals surface area (Å²) < 4.78 is 0. The van der Waals surface area contributed by atoms with Gasteiger partial charge in [0.2, 0.25) is 11.8 Å². The molecule has 0 aromatic rings. The van der Waals surface area contributed by atoms with E-state index in [0.717, 1.165) is 0 Å². The van der Waals surface area contributed by atoms with Gasteiger partial charge < -0.3 is 5.11 Å². The van der Waals surface area contributed by atoms with Crippen molar-refractivity contribution in [1.82, 2.24) is 5.32 Å². The molecule has 12 heavy (non-hydrogen) atoms. The maximum absolute atomic E-state index is 11.1. The van der Waals surface area contributed by atoms with Gasteiger partial charge >= 0.3 is 0 Å². The van der Waals surface area contributed by atoms with Crippen LogP contribution in [-0.4, -0.2) is 23.0 Å². The van der Waals surface area contributed by atoms with Gasteiger partial charge in [-0.05, 0) is 6.42 Å². The largest absolute Gasteiger partial charge is 0.388 e. The van der Waals surface area contributed by atoms with Crippen LogP contribution in [-0.2, 0) is 9.59 Å². The van der Waals surface area contributed by atoms with E-state index < -0.39 is 12.0 Å². The van der Waals surface area contributed by atoms with E-state index in [-0.39, 0.29) is 17.7 Å². The molecule has 2 aliphatic rings. The number of hydrogen-bond acceptors (Lipinski definition) is 3. The Labute approximate surface area is 69.3 Å². The van der Waals surface area contributed by atoms with Gasteiger partial charge in [0.05, 0.1) is 17.9 Å². The van der Waals surface area contributed by atoms with E-state index in [4.69, 9.17) is 0 Å². The molecule has 0 unspecified atom stereocenters. The Morgan fingerprint density at radius 3 is 2.83 bits per heavy atom. The zero-order chi connectivity index (χ0) is 8.72. The first kappa shape index (κ1) is 7.49. The van der Waals surface area contributed by atoms with Gasteiger partial charge in [0.1, 0.15) is 0 Å². The van der Waals surface area contributed by atoms with Crippen LogP contribution in [0, 0.1) is 11.8 Å². The molecule has 1 heterocycles. The predicted molar refractivity (Wildman–Crippen MR) is 39.9 cm³/mol. The molecule has 0 bridgehead atoms. The third-order valence-electron chi connectivity index (χ3n) is 2.41. The Morgan fingerprint density at radius 1 is 1.42 bits per heavy atom. The zero-order valence-corrected chi connectivity index (χ0v) is 6.36. The van der Waals surface area contributed by atoms with Gasteiger partial charge in [0, 0.05) is 0 Å². The molecule has 0 aromatic carbocycles. The van der Waals surface area contributed by atoms with Crippen molar-refractivity contribution in [3.05, 3.63) is 12.2 Å². The van der Waals surface area contributed by atoms with E-state index in [0.29, 0.717) is 6.42 Å². The van der Waals surface area contributed by atoms with E-state index in [1.165, 1.54) is 0 Å². The second-order valence-corrected chi connectivity index (χ2v) is 3.14. The van der Waals surface area contributed by atoms with Gasteiger partial charge in [-0.1, -0.05) is 12.2 Å². The lowest BCUT2D eigenvalue weighted by molar-refractivity contribution is -0.126. The molecule has 64 valence electrons. The molecule has 0 saturated carbocycles. The maximum atomic E-state index is 11.1. The number of carbonyl (C=O) groups is 2. The van der Waals surface area contributed by atoms with Gasteiger partial charge in [0.25, 0.3) is 0 Å². The molecule has 2 N–H and O–H groups in total. The molecule has 4 heteroatoms. The third-order valence-corrected chi connectivity index (χ3v) is 2.41. The van der Waals surface area contributed by atoms with Gasteiger partial charge in [-0.25, -0.2) is 0 Å². The van der Waals surface area contributed by atoms with Crippen molar-refractivity contribution in [3.8, 4) is 0 Å². The van der Waals surface area contributed by atoms with Crippen molar-refractivity contribution in [3.63, 3.8) is 0 Å². The number of allylic oxidation sites excluding steroid dienone is 1. The number of aliphatic hydroxyl groups is 1. The fourth-order valence-electron chi connectivity index (χ4n) is 1.77. The average molecular weight is 167 g/mol. The topological polar surface area (TPSA) is 66.4 Å². The zero-order valence-electron chi connectivity index (χ0n) is 6.36. The van der Waals surface area contributed by atoms with Crippen LogP contribution in [0.25, 0.3) is 0 Å². The van der Waals surface area contributed by atoms with Crippen LogP contribution < -0.4 is 5.32 Å². The second-order valence-electron chi connectivity index (χ2n) is 3.14. The van der Waals surface area contributed by atoms with Crippen LogP contribution in [0.3, 0.4) is 0 Å². The van der Waals surface area contributed by atoms with E-state index in [2.05, 4.69) is 5.32 Å². The molecule has 4 nitrogen and oxygen atoms in total. The van der Waals surface area contributed by atoms with Gasteiger partial charge in [-0.2, -0.15) is 0 Å². The minimum Gasteiger partial charge on any atom is -0.388 e. The highest BCUT2D eigenvalue weighted by Crippen LogP contribution is 2.30. The number of hydrogen-bond donors (Lipinski definition) is 2. The molecule has 0 spiro atoms. The fourth-order valence-corrected chi connectivity index (χ4v) is 1.77. The standard InChI is InChI=1S/C8H9NO3/c10-5-3-1-2-4-6(5)8(12)9-7(4)11/h1,3-6,10H,2H2,(H,9,11,12)/t4-,5-,6-/m0/s1. The summed E-state index contributed by atoms with van der Waals surface area (Å²) in [7, 11) is 0. The van der Waals surface area contributed by atoms with Gasteiger partial charge in [0.15, 0.2) is 0 Å². The number of imide groups is 1. The summed E-state index contributed by atoms with van der Waals surface area (Å²) >= 11 is 0. The number of aliphatic hydroxyl groups excluding tert-OH is 1. The first-order valence-corrected chi connectivity index (χ1v) is 3.89. The van der Waals surface area contributed by atoms with Gasteiger partial charge in [-0.15, -0.1) is 0 Å². The summed E-state index contributed by atoms with van der Waals surface area (Å²) in [6.45, 7) is 0. The summed E-state index contributed by atoms with van der Waals surface area (Å²) in [6, 6.07) is 0. The summed E-state index contributed by atoms with van der Waals surface area (Å²) in [5.74, 6) is -1.50. The smallest absolute Gasteiger partial charge is 0.233 e. The van der Waals surface area contributed by atoms with Crippen molar-refractivity contribution in [2.45, 2.75) is 12.5 Å². The third kappa shape index (κ3) is 0.881. The molecule has 1 aliphatic carbocycles. The predicted octanol–water partition coefficient (Wildman–Crippen LogP) is -0.804. The number of amides is 2. The molecule has 3 atom stereocenters. The number of nitrogens with one attached hydrogen (secondary N) is 1. The lowest BCUT2D eigenvalue weighted by atomic mass is 9.83. The highest BCUT2D eigenvalue weighted by atomic mass is 16.3. The first-order valence-electron chi connectivity index (χ1n) is 3.89. The lowest BCUT2D eigenvalue weighted by Crippen LogP contribution is -2.32. The fraction of sp³-hybridized carbons (Fsp3) is 0.500. The second kappa shape index (κ2) is 2.42. The monoisotopic (exact) mass is 167 g/mol. The summed E-state index contributed by atoms with van der Waals surface area (Å²) in [5, 5.41) is 11.6. The molecule has 1 saturated heterocycles. The van der Waals surface area contributed by atoms with Crippen LogP contribution >= 0.6 is 0 Å². The molecule has 0 radical (unpaired) electrons. The van der Waals surface area contributed by atoms with Crippen molar-refractivity contribution >= 4 is 11.8 Å².